The Morgan fingerprint density at radius 1 is 0.900 bits per heavy atom. The molecule has 0 fully saturated rings. The normalized spacial score (nSPS) is 15.7. The molecule has 0 saturated heterocycles. The lowest BCUT2D eigenvalue weighted by molar-refractivity contribution is 0.668. The fourth-order valence-electron chi connectivity index (χ4n) is 3.11. The van der Waals surface area contributed by atoms with Crippen LogP contribution in [0.3, 0.4) is 0 Å². The predicted molar refractivity (Wildman–Crippen MR) is 85.4 cm³/mol. The average molecular weight is 286 g/mol. The first-order valence-corrected chi connectivity index (χ1v) is 7.70. The third kappa shape index (κ3) is 2.74. The summed E-state index contributed by atoms with van der Waals surface area (Å²) >= 11 is 5.98. The third-order valence-corrected chi connectivity index (χ3v) is 4.45. The van der Waals surface area contributed by atoms with E-state index in [0.29, 0.717) is 0 Å². The molecule has 2 heteroatoms. The Morgan fingerprint density at radius 2 is 1.55 bits per heavy atom. The summed E-state index contributed by atoms with van der Waals surface area (Å²) in [6.07, 6.45) is 5.11. The fourth-order valence-corrected chi connectivity index (χ4v) is 3.24. The van der Waals surface area contributed by atoms with Crippen molar-refractivity contribution in [2.45, 2.75) is 31.7 Å². The molecule has 1 aliphatic carbocycles. The van der Waals surface area contributed by atoms with E-state index >= 15 is 0 Å². The monoisotopic (exact) mass is 285 g/mol. The molecule has 104 valence electrons. The minimum absolute atomic E-state index is 0.236. The molecule has 2 aromatic carbocycles. The van der Waals surface area contributed by atoms with Gasteiger partial charge in [0.15, 0.2) is 0 Å². The van der Waals surface area contributed by atoms with Crippen LogP contribution in [0.2, 0.25) is 5.02 Å². The molecule has 1 aliphatic rings. The van der Waals surface area contributed by atoms with Crippen molar-refractivity contribution in [3.63, 3.8) is 0 Å². The van der Waals surface area contributed by atoms with Crippen molar-refractivity contribution in [3.8, 4) is 0 Å². The second-order valence-corrected chi connectivity index (χ2v) is 5.94. The van der Waals surface area contributed by atoms with E-state index in [1.54, 1.807) is 0 Å². The van der Waals surface area contributed by atoms with E-state index in [9.17, 15) is 0 Å². The van der Waals surface area contributed by atoms with Gasteiger partial charge in [-0.05, 0) is 67.1 Å². The molecule has 0 saturated carbocycles. The summed E-state index contributed by atoms with van der Waals surface area (Å²) in [5.74, 6) is 0. The summed E-state index contributed by atoms with van der Waals surface area (Å²) < 4.78 is 0. The molecule has 0 amide bonds. The first kappa shape index (κ1) is 13.7. The van der Waals surface area contributed by atoms with Crippen molar-refractivity contribution in [2.75, 3.05) is 7.05 Å². The highest BCUT2D eigenvalue weighted by Crippen LogP contribution is 2.28. The van der Waals surface area contributed by atoms with Crippen molar-refractivity contribution < 1.29 is 0 Å². The summed E-state index contributed by atoms with van der Waals surface area (Å²) in [4.78, 5) is 0. The maximum Gasteiger partial charge on any atom is 0.0574 e. The predicted octanol–water partition coefficient (Wildman–Crippen LogP) is 4.53. The Morgan fingerprint density at radius 3 is 2.25 bits per heavy atom. The number of hydrogen-bond acceptors (Lipinski definition) is 1. The van der Waals surface area contributed by atoms with Crippen LogP contribution in [0.5, 0.6) is 0 Å². The molecule has 0 radical (unpaired) electrons. The lowest BCUT2D eigenvalue weighted by Crippen LogP contribution is -2.18. The molecule has 0 bridgehead atoms. The maximum atomic E-state index is 5.98. The van der Waals surface area contributed by atoms with Crippen molar-refractivity contribution in [1.29, 1.82) is 0 Å². The standard InChI is InChI=1S/C18H20ClN/c1-20-18(14-8-10-17(19)11-9-14)16-7-6-13-4-2-3-5-15(13)12-16/h6-12,18,20H,2-5H2,1H3. The summed E-state index contributed by atoms with van der Waals surface area (Å²) in [6.45, 7) is 0. The molecule has 0 spiro atoms. The van der Waals surface area contributed by atoms with E-state index < -0.39 is 0 Å². The van der Waals surface area contributed by atoms with Gasteiger partial charge < -0.3 is 5.32 Å². The zero-order valence-corrected chi connectivity index (χ0v) is 12.6. The summed E-state index contributed by atoms with van der Waals surface area (Å²) in [5.41, 5.74) is 5.66. The summed E-state index contributed by atoms with van der Waals surface area (Å²) in [7, 11) is 2.01. The van der Waals surface area contributed by atoms with Crippen LogP contribution in [0, 0.1) is 0 Å². The Labute approximate surface area is 126 Å². The number of benzene rings is 2. The highest BCUT2D eigenvalue weighted by atomic mass is 35.5. The zero-order valence-electron chi connectivity index (χ0n) is 11.8. The van der Waals surface area contributed by atoms with E-state index in [4.69, 9.17) is 11.6 Å². The smallest absolute Gasteiger partial charge is 0.0574 e. The maximum absolute atomic E-state index is 5.98. The quantitative estimate of drug-likeness (QED) is 0.874. The minimum Gasteiger partial charge on any atom is -0.309 e. The van der Waals surface area contributed by atoms with E-state index in [2.05, 4.69) is 35.6 Å². The first-order valence-electron chi connectivity index (χ1n) is 7.32. The SMILES string of the molecule is CNC(c1ccc(Cl)cc1)c1ccc2c(c1)CCCC2. The molecular weight excluding hydrogens is 266 g/mol. The minimum atomic E-state index is 0.236. The van der Waals surface area contributed by atoms with Gasteiger partial charge in [0, 0.05) is 5.02 Å². The lowest BCUT2D eigenvalue weighted by atomic mass is 9.88. The fraction of sp³-hybridized carbons (Fsp3) is 0.333. The van der Waals surface area contributed by atoms with Crippen LogP contribution in [0.15, 0.2) is 42.5 Å². The van der Waals surface area contributed by atoms with Gasteiger partial charge in [0.25, 0.3) is 0 Å². The number of fused-ring (bicyclic) bond motifs is 1. The van der Waals surface area contributed by atoms with E-state index in [0.717, 1.165) is 5.02 Å². The van der Waals surface area contributed by atoms with E-state index in [1.807, 2.05) is 19.2 Å². The topological polar surface area (TPSA) is 12.0 Å². The van der Waals surface area contributed by atoms with Crippen molar-refractivity contribution in [1.82, 2.24) is 5.32 Å². The first-order chi connectivity index (χ1) is 9.78. The van der Waals surface area contributed by atoms with Gasteiger partial charge in [-0.25, -0.2) is 0 Å². The Kier molecular flexibility index (Phi) is 4.09. The van der Waals surface area contributed by atoms with Crippen LogP contribution in [0.25, 0.3) is 0 Å². The van der Waals surface area contributed by atoms with Gasteiger partial charge in [-0.15, -0.1) is 0 Å². The van der Waals surface area contributed by atoms with Gasteiger partial charge in [-0.3, -0.25) is 0 Å². The van der Waals surface area contributed by atoms with Crippen LogP contribution >= 0.6 is 11.6 Å². The third-order valence-electron chi connectivity index (χ3n) is 4.20. The van der Waals surface area contributed by atoms with Crippen LogP contribution < -0.4 is 5.32 Å². The Bertz CT molecular complexity index is 589. The van der Waals surface area contributed by atoms with Crippen LogP contribution in [0.4, 0.5) is 0 Å². The van der Waals surface area contributed by atoms with Gasteiger partial charge in [0.2, 0.25) is 0 Å². The van der Waals surface area contributed by atoms with Gasteiger partial charge in [-0.1, -0.05) is 41.9 Å². The summed E-state index contributed by atoms with van der Waals surface area (Å²) in [5, 5.41) is 4.20. The zero-order chi connectivity index (χ0) is 13.9. The van der Waals surface area contributed by atoms with Crippen LogP contribution in [0.1, 0.15) is 41.1 Å². The van der Waals surface area contributed by atoms with Gasteiger partial charge in [-0.2, -0.15) is 0 Å². The highest BCUT2D eigenvalue weighted by Gasteiger charge is 2.15. The molecule has 3 rings (SSSR count). The van der Waals surface area contributed by atoms with E-state index in [1.165, 1.54) is 47.9 Å². The molecule has 0 aliphatic heterocycles. The second-order valence-electron chi connectivity index (χ2n) is 5.51. The molecule has 2 aromatic rings. The Hall–Kier alpha value is -1.31. The highest BCUT2D eigenvalue weighted by molar-refractivity contribution is 6.30. The number of nitrogens with one attached hydrogen (secondary N) is 1. The molecule has 0 aromatic heterocycles. The van der Waals surface area contributed by atoms with E-state index in [-0.39, 0.29) is 6.04 Å². The average Bonchev–Trinajstić information content (AvgIpc) is 2.50. The largest absolute Gasteiger partial charge is 0.309 e. The van der Waals surface area contributed by atoms with Gasteiger partial charge in [0.1, 0.15) is 0 Å². The van der Waals surface area contributed by atoms with Crippen molar-refractivity contribution >= 4 is 11.6 Å². The van der Waals surface area contributed by atoms with Crippen molar-refractivity contribution in [3.05, 3.63) is 69.7 Å². The molecule has 1 N–H and O–H groups in total. The molecular formula is C18H20ClN. The van der Waals surface area contributed by atoms with Crippen LogP contribution in [-0.2, 0) is 12.8 Å². The van der Waals surface area contributed by atoms with Gasteiger partial charge in [0.05, 0.1) is 6.04 Å². The second kappa shape index (κ2) is 5.99. The van der Waals surface area contributed by atoms with Crippen LogP contribution in [-0.4, -0.2) is 7.05 Å². The van der Waals surface area contributed by atoms with Gasteiger partial charge >= 0.3 is 0 Å². The molecule has 1 atom stereocenters. The molecule has 1 nitrogen and oxygen atoms in total. The number of rotatable bonds is 3. The Balaban J connectivity index is 1.94. The number of halogens is 1. The number of hydrogen-bond donors (Lipinski definition) is 1. The molecule has 1 unspecified atom stereocenters. The number of aryl methyl sites for hydroxylation is 2. The molecule has 0 heterocycles. The van der Waals surface area contributed by atoms with Crippen molar-refractivity contribution in [2.24, 2.45) is 0 Å². The lowest BCUT2D eigenvalue weighted by Gasteiger charge is -2.21. The summed E-state index contributed by atoms with van der Waals surface area (Å²) in [6, 6.07) is 15.3. The molecule has 20 heavy (non-hydrogen) atoms.